The molecule has 2 saturated heterocycles. The molecule has 37 heavy (non-hydrogen) atoms. The molecule has 192 valence electrons. The Kier molecular flexibility index (Phi) is 7.71. The van der Waals surface area contributed by atoms with Gasteiger partial charge in [-0.3, -0.25) is 14.5 Å². The molecular weight excluding hydrogens is 460 g/mol. The Morgan fingerprint density at radius 3 is 2.03 bits per heavy atom. The van der Waals surface area contributed by atoms with Crippen molar-refractivity contribution >= 4 is 11.7 Å². The lowest BCUT2D eigenvalue weighted by Gasteiger charge is -2.47. The SMILES string of the molecule is CC(=O)c1ccc(C(=O)N2CCC3(CCN(Cc4ccccc4OCc4ccccc4)CC3)CC2)cc1. The molecule has 2 aliphatic heterocycles. The first-order valence-electron chi connectivity index (χ1n) is 13.4. The molecular formula is C32H36N2O3. The lowest BCUT2D eigenvalue weighted by molar-refractivity contribution is 0.0283. The maximum atomic E-state index is 13.0. The summed E-state index contributed by atoms with van der Waals surface area (Å²) in [4.78, 5) is 29.1. The van der Waals surface area contributed by atoms with Crippen molar-refractivity contribution in [1.82, 2.24) is 9.80 Å². The quantitative estimate of drug-likeness (QED) is 0.377. The summed E-state index contributed by atoms with van der Waals surface area (Å²) in [6.45, 7) is 6.80. The normalized spacial score (nSPS) is 17.5. The van der Waals surface area contributed by atoms with Gasteiger partial charge in [0.1, 0.15) is 12.4 Å². The fourth-order valence-electron chi connectivity index (χ4n) is 5.65. The highest BCUT2D eigenvalue weighted by molar-refractivity contribution is 5.97. The van der Waals surface area contributed by atoms with Gasteiger partial charge in [-0.05, 0) is 74.9 Å². The van der Waals surface area contributed by atoms with Crippen LogP contribution < -0.4 is 4.74 Å². The largest absolute Gasteiger partial charge is 0.489 e. The molecule has 0 bridgehead atoms. The number of nitrogens with zero attached hydrogens (tertiary/aromatic N) is 2. The Bertz CT molecular complexity index is 1200. The van der Waals surface area contributed by atoms with Gasteiger partial charge in [0.25, 0.3) is 5.91 Å². The van der Waals surface area contributed by atoms with E-state index in [4.69, 9.17) is 4.74 Å². The molecule has 0 aromatic heterocycles. The molecule has 1 amide bonds. The third kappa shape index (κ3) is 6.11. The molecule has 5 rings (SSSR count). The first-order chi connectivity index (χ1) is 18.0. The summed E-state index contributed by atoms with van der Waals surface area (Å²) < 4.78 is 6.18. The predicted octanol–water partition coefficient (Wildman–Crippen LogP) is 5.99. The van der Waals surface area contributed by atoms with E-state index < -0.39 is 0 Å². The molecule has 2 fully saturated rings. The van der Waals surface area contributed by atoms with E-state index in [0.717, 1.165) is 51.3 Å². The highest BCUT2D eigenvalue weighted by Gasteiger charge is 2.38. The van der Waals surface area contributed by atoms with Crippen molar-refractivity contribution in [3.8, 4) is 5.75 Å². The molecule has 0 unspecified atom stereocenters. The molecule has 5 heteroatoms. The number of likely N-dealkylation sites (tertiary alicyclic amines) is 2. The minimum absolute atomic E-state index is 0.0217. The maximum absolute atomic E-state index is 13.0. The van der Waals surface area contributed by atoms with Gasteiger partial charge in [0.05, 0.1) is 0 Å². The van der Waals surface area contributed by atoms with Crippen LogP contribution in [0.1, 0.15) is 64.4 Å². The van der Waals surface area contributed by atoms with Gasteiger partial charge < -0.3 is 9.64 Å². The number of ketones is 1. The van der Waals surface area contributed by atoms with Crippen LogP contribution in [-0.4, -0.2) is 47.7 Å². The molecule has 2 heterocycles. The van der Waals surface area contributed by atoms with Crippen LogP contribution >= 0.6 is 0 Å². The monoisotopic (exact) mass is 496 g/mol. The number of Topliss-reactive ketones (excluding diaryl/α,β-unsaturated/α-hetero) is 1. The summed E-state index contributed by atoms with van der Waals surface area (Å²) in [7, 11) is 0. The fourth-order valence-corrected chi connectivity index (χ4v) is 5.65. The zero-order chi connectivity index (χ0) is 25.7. The fraction of sp³-hybridized carbons (Fsp3) is 0.375. The van der Waals surface area contributed by atoms with Gasteiger partial charge in [-0.2, -0.15) is 0 Å². The smallest absolute Gasteiger partial charge is 0.253 e. The van der Waals surface area contributed by atoms with Crippen LogP contribution in [0.4, 0.5) is 0 Å². The van der Waals surface area contributed by atoms with Gasteiger partial charge in [0, 0.05) is 36.3 Å². The van der Waals surface area contributed by atoms with Crippen molar-refractivity contribution in [3.05, 3.63) is 101 Å². The van der Waals surface area contributed by atoms with Crippen molar-refractivity contribution in [2.24, 2.45) is 5.41 Å². The zero-order valence-corrected chi connectivity index (χ0v) is 21.7. The molecule has 0 saturated carbocycles. The van der Waals surface area contributed by atoms with E-state index in [9.17, 15) is 9.59 Å². The minimum atomic E-state index is 0.0217. The van der Waals surface area contributed by atoms with Gasteiger partial charge in [0.2, 0.25) is 0 Å². The molecule has 0 radical (unpaired) electrons. The summed E-state index contributed by atoms with van der Waals surface area (Å²) >= 11 is 0. The van der Waals surface area contributed by atoms with Crippen LogP contribution in [0, 0.1) is 5.41 Å². The third-order valence-corrected chi connectivity index (χ3v) is 8.17. The van der Waals surface area contributed by atoms with Crippen molar-refractivity contribution in [2.75, 3.05) is 26.2 Å². The predicted molar refractivity (Wildman–Crippen MR) is 146 cm³/mol. The molecule has 3 aromatic rings. The van der Waals surface area contributed by atoms with Crippen LogP contribution in [0.15, 0.2) is 78.9 Å². The number of para-hydroxylation sites is 1. The lowest BCUT2D eigenvalue weighted by atomic mass is 9.71. The van der Waals surface area contributed by atoms with E-state index in [-0.39, 0.29) is 11.7 Å². The number of rotatable bonds is 7. The first-order valence-corrected chi connectivity index (χ1v) is 13.4. The zero-order valence-electron chi connectivity index (χ0n) is 21.7. The molecule has 0 aliphatic carbocycles. The topological polar surface area (TPSA) is 49.9 Å². The number of amides is 1. The van der Waals surface area contributed by atoms with E-state index in [0.29, 0.717) is 23.1 Å². The van der Waals surface area contributed by atoms with Crippen LogP contribution in [-0.2, 0) is 13.2 Å². The number of hydrogen-bond acceptors (Lipinski definition) is 4. The Morgan fingerprint density at radius 1 is 0.757 bits per heavy atom. The van der Waals surface area contributed by atoms with Gasteiger partial charge in [0.15, 0.2) is 5.78 Å². The highest BCUT2D eigenvalue weighted by atomic mass is 16.5. The average Bonchev–Trinajstić information content (AvgIpc) is 2.94. The van der Waals surface area contributed by atoms with Crippen molar-refractivity contribution in [2.45, 2.75) is 45.8 Å². The number of hydrogen-bond donors (Lipinski definition) is 0. The van der Waals surface area contributed by atoms with Crippen LogP contribution in [0.5, 0.6) is 5.75 Å². The molecule has 5 nitrogen and oxygen atoms in total. The van der Waals surface area contributed by atoms with E-state index in [1.54, 1.807) is 31.2 Å². The first kappa shape index (κ1) is 25.2. The summed E-state index contributed by atoms with van der Waals surface area (Å²) in [5.74, 6) is 1.07. The summed E-state index contributed by atoms with van der Waals surface area (Å²) in [6, 6.07) is 25.8. The Morgan fingerprint density at radius 2 is 1.35 bits per heavy atom. The van der Waals surface area contributed by atoms with Gasteiger partial charge >= 0.3 is 0 Å². The number of benzene rings is 3. The summed E-state index contributed by atoms with van der Waals surface area (Å²) in [5.41, 5.74) is 4.07. The number of carbonyl (C=O) groups excluding carboxylic acids is 2. The molecule has 1 spiro atoms. The number of ether oxygens (including phenoxy) is 1. The average molecular weight is 497 g/mol. The Hall–Kier alpha value is -3.44. The third-order valence-electron chi connectivity index (χ3n) is 8.17. The van der Waals surface area contributed by atoms with E-state index in [2.05, 4.69) is 35.2 Å². The second-order valence-corrected chi connectivity index (χ2v) is 10.6. The second-order valence-electron chi connectivity index (χ2n) is 10.6. The molecule has 2 aliphatic rings. The van der Waals surface area contributed by atoms with Crippen LogP contribution in [0.3, 0.4) is 0 Å². The Labute approximate surface area is 220 Å². The standard InChI is InChI=1S/C32H36N2O3/c1-25(35)27-11-13-28(14-12-27)31(36)34-21-17-32(18-22-34)15-19-33(20-16-32)23-29-9-5-6-10-30(29)37-24-26-7-3-2-4-8-26/h2-14H,15-24H2,1H3. The maximum Gasteiger partial charge on any atom is 0.253 e. The van der Waals surface area contributed by atoms with E-state index in [1.807, 2.05) is 29.2 Å². The lowest BCUT2D eigenvalue weighted by Crippen LogP contribution is -2.48. The van der Waals surface area contributed by atoms with Crippen molar-refractivity contribution in [1.29, 1.82) is 0 Å². The van der Waals surface area contributed by atoms with E-state index >= 15 is 0 Å². The molecule has 0 atom stereocenters. The molecule has 3 aromatic carbocycles. The Balaban J connectivity index is 1.12. The van der Waals surface area contributed by atoms with Gasteiger partial charge in [-0.1, -0.05) is 60.7 Å². The number of piperidine rings is 2. The number of carbonyl (C=O) groups is 2. The summed E-state index contributed by atoms with van der Waals surface area (Å²) in [6.07, 6.45) is 4.48. The van der Waals surface area contributed by atoms with Crippen LogP contribution in [0.2, 0.25) is 0 Å². The van der Waals surface area contributed by atoms with Crippen molar-refractivity contribution in [3.63, 3.8) is 0 Å². The van der Waals surface area contributed by atoms with E-state index in [1.165, 1.54) is 24.0 Å². The molecule has 0 N–H and O–H groups in total. The summed E-state index contributed by atoms with van der Waals surface area (Å²) in [5, 5.41) is 0. The van der Waals surface area contributed by atoms with Gasteiger partial charge in [-0.25, -0.2) is 0 Å². The highest BCUT2D eigenvalue weighted by Crippen LogP contribution is 2.42. The van der Waals surface area contributed by atoms with Gasteiger partial charge in [-0.15, -0.1) is 0 Å². The van der Waals surface area contributed by atoms with Crippen molar-refractivity contribution < 1.29 is 14.3 Å². The van der Waals surface area contributed by atoms with Crippen LogP contribution in [0.25, 0.3) is 0 Å². The second kappa shape index (κ2) is 11.3. The minimum Gasteiger partial charge on any atom is -0.489 e.